The zero-order chi connectivity index (χ0) is 43.4. The summed E-state index contributed by atoms with van der Waals surface area (Å²) in [6, 6.07) is 23.2. The standard InChI is InChI=1S/C46H62N4O10/c1-32-21-23-41(24-22-32)60-30-38(51)28-47-25-12-11-17-36(48-29-39(52)31-59-40-19-9-6-10-20-40)16-8-7-13-26-58-46(54)43-34(3)49(4)33(2)42(45(53)57-5)44(43)35-15-14-18-37(27-35)50(55)56/h6,9-10,14-15,18-24,27,36,38-39,44,47-48,51-52H,7-8,11-13,16-17,25-26,28-31H2,1-5H3. The molecule has 4 N–H and O–H groups in total. The van der Waals surface area contributed by atoms with Crippen LogP contribution in [0.25, 0.3) is 0 Å². The third-order valence-corrected chi connectivity index (χ3v) is 10.7. The molecule has 0 spiro atoms. The number of hydrogen-bond acceptors (Lipinski definition) is 13. The second-order valence-electron chi connectivity index (χ2n) is 15.2. The summed E-state index contributed by atoms with van der Waals surface area (Å²) in [4.78, 5) is 39.8. The van der Waals surface area contributed by atoms with E-state index in [1.54, 1.807) is 31.9 Å². The Morgan fingerprint density at radius 3 is 2.05 bits per heavy atom. The number of carbonyl (C=O) groups is 2. The Balaban J connectivity index is 1.27. The number of aliphatic hydroxyl groups is 2. The van der Waals surface area contributed by atoms with E-state index in [1.807, 2.05) is 61.5 Å². The van der Waals surface area contributed by atoms with E-state index >= 15 is 0 Å². The Labute approximate surface area is 353 Å². The number of aryl methyl sites for hydroxylation is 1. The molecule has 4 unspecified atom stereocenters. The molecule has 0 saturated carbocycles. The van der Waals surface area contributed by atoms with Crippen LogP contribution >= 0.6 is 0 Å². The third-order valence-electron chi connectivity index (χ3n) is 10.7. The van der Waals surface area contributed by atoms with Gasteiger partial charge < -0.3 is 44.7 Å². The predicted molar refractivity (Wildman–Crippen MR) is 230 cm³/mol. The van der Waals surface area contributed by atoms with Crippen molar-refractivity contribution >= 4 is 17.6 Å². The van der Waals surface area contributed by atoms with E-state index in [0.29, 0.717) is 42.2 Å². The first-order valence-corrected chi connectivity index (χ1v) is 20.7. The number of aliphatic hydroxyl groups excluding tert-OH is 2. The number of nitro benzene ring substituents is 1. The molecule has 3 aromatic carbocycles. The smallest absolute Gasteiger partial charge is 0.336 e. The lowest BCUT2D eigenvalue weighted by Crippen LogP contribution is -2.38. The van der Waals surface area contributed by atoms with Crippen molar-refractivity contribution in [2.24, 2.45) is 0 Å². The first kappa shape index (κ1) is 47.4. The van der Waals surface area contributed by atoms with Gasteiger partial charge >= 0.3 is 11.9 Å². The van der Waals surface area contributed by atoms with Crippen LogP contribution in [-0.4, -0.2) is 104 Å². The summed E-state index contributed by atoms with van der Waals surface area (Å²) < 4.78 is 22.3. The van der Waals surface area contributed by atoms with E-state index in [4.69, 9.17) is 18.9 Å². The molecule has 0 fully saturated rings. The zero-order valence-electron chi connectivity index (χ0n) is 35.6. The number of esters is 2. The van der Waals surface area contributed by atoms with Crippen molar-refractivity contribution < 1.29 is 43.7 Å². The molecule has 60 heavy (non-hydrogen) atoms. The van der Waals surface area contributed by atoms with Gasteiger partial charge in [-0.3, -0.25) is 10.1 Å². The fourth-order valence-corrected chi connectivity index (χ4v) is 7.09. The molecule has 0 aromatic heterocycles. The number of rotatable bonds is 26. The Morgan fingerprint density at radius 1 is 0.783 bits per heavy atom. The molecule has 4 rings (SSSR count). The highest BCUT2D eigenvalue weighted by molar-refractivity contribution is 5.99. The maximum absolute atomic E-state index is 13.8. The van der Waals surface area contributed by atoms with Gasteiger partial charge in [0.05, 0.1) is 35.7 Å². The van der Waals surface area contributed by atoms with Gasteiger partial charge in [0.25, 0.3) is 5.69 Å². The predicted octanol–water partition coefficient (Wildman–Crippen LogP) is 6.35. The molecule has 14 heteroatoms. The number of nitrogens with one attached hydrogen (secondary N) is 2. The number of nitro groups is 1. The van der Waals surface area contributed by atoms with E-state index in [9.17, 15) is 29.9 Å². The summed E-state index contributed by atoms with van der Waals surface area (Å²) in [6.45, 7) is 7.60. The lowest BCUT2D eigenvalue weighted by molar-refractivity contribution is -0.384. The number of unbranched alkanes of at least 4 members (excludes halogenated alkanes) is 3. The number of non-ortho nitro benzene ring substituents is 1. The van der Waals surface area contributed by atoms with Gasteiger partial charge in [0.2, 0.25) is 0 Å². The number of ether oxygens (including phenoxy) is 4. The third kappa shape index (κ3) is 14.8. The van der Waals surface area contributed by atoms with Crippen molar-refractivity contribution in [1.29, 1.82) is 0 Å². The second-order valence-corrected chi connectivity index (χ2v) is 15.2. The number of carbonyl (C=O) groups excluding carboxylic acids is 2. The van der Waals surface area contributed by atoms with Gasteiger partial charge in [-0.25, -0.2) is 9.59 Å². The van der Waals surface area contributed by atoms with Gasteiger partial charge in [-0.1, -0.05) is 67.3 Å². The van der Waals surface area contributed by atoms with Crippen molar-refractivity contribution in [2.75, 3.05) is 53.6 Å². The molecule has 1 aliphatic heterocycles. The second kappa shape index (κ2) is 24.7. The maximum Gasteiger partial charge on any atom is 0.336 e. The monoisotopic (exact) mass is 830 g/mol. The van der Waals surface area contributed by atoms with Crippen LogP contribution < -0.4 is 20.1 Å². The molecule has 1 aliphatic rings. The quantitative estimate of drug-likeness (QED) is 0.0304. The molecule has 0 saturated heterocycles. The van der Waals surface area contributed by atoms with E-state index in [2.05, 4.69) is 10.6 Å². The first-order valence-electron chi connectivity index (χ1n) is 20.7. The average Bonchev–Trinajstić information content (AvgIpc) is 3.25. The lowest BCUT2D eigenvalue weighted by atomic mass is 9.79. The summed E-state index contributed by atoms with van der Waals surface area (Å²) in [6.07, 6.45) is 4.50. The Kier molecular flexibility index (Phi) is 19.5. The van der Waals surface area contributed by atoms with Crippen LogP contribution in [0.1, 0.15) is 75.8 Å². The summed E-state index contributed by atoms with van der Waals surface area (Å²) in [5.74, 6) is -0.725. The zero-order valence-corrected chi connectivity index (χ0v) is 35.6. The molecule has 326 valence electrons. The van der Waals surface area contributed by atoms with Crippen LogP contribution in [0.3, 0.4) is 0 Å². The Bertz CT molecular complexity index is 1890. The number of para-hydroxylation sites is 1. The fourth-order valence-electron chi connectivity index (χ4n) is 7.09. The van der Waals surface area contributed by atoms with E-state index in [0.717, 1.165) is 56.4 Å². The number of methoxy groups -OCH3 is 1. The van der Waals surface area contributed by atoms with Crippen molar-refractivity contribution in [3.05, 3.63) is 123 Å². The molecule has 1 heterocycles. The minimum absolute atomic E-state index is 0.139. The molecule has 14 nitrogen and oxygen atoms in total. The topological polar surface area (TPSA) is 182 Å². The van der Waals surface area contributed by atoms with Crippen LogP contribution in [0.15, 0.2) is 101 Å². The van der Waals surface area contributed by atoms with Crippen molar-refractivity contribution in [2.45, 2.75) is 89.9 Å². The average molecular weight is 831 g/mol. The van der Waals surface area contributed by atoms with Gasteiger partial charge in [-0.15, -0.1) is 0 Å². The first-order chi connectivity index (χ1) is 28.9. The highest BCUT2D eigenvalue weighted by Crippen LogP contribution is 2.43. The minimum atomic E-state index is -0.917. The van der Waals surface area contributed by atoms with Gasteiger partial charge in [-0.05, 0) is 82.8 Å². The highest BCUT2D eigenvalue weighted by Gasteiger charge is 2.40. The largest absolute Gasteiger partial charge is 0.491 e. The summed E-state index contributed by atoms with van der Waals surface area (Å²) >= 11 is 0. The van der Waals surface area contributed by atoms with Gasteiger partial charge in [-0.2, -0.15) is 0 Å². The van der Waals surface area contributed by atoms with Crippen LogP contribution in [0, 0.1) is 17.0 Å². The Hall–Kier alpha value is -5.28. The van der Waals surface area contributed by atoms with E-state index < -0.39 is 35.0 Å². The van der Waals surface area contributed by atoms with Crippen LogP contribution in [0.2, 0.25) is 0 Å². The molecular weight excluding hydrogens is 769 g/mol. The molecular formula is C46H62N4O10. The number of allylic oxidation sites excluding steroid dienone is 2. The summed E-state index contributed by atoms with van der Waals surface area (Å²) in [5.41, 5.74) is 2.98. The molecule has 0 radical (unpaired) electrons. The van der Waals surface area contributed by atoms with Crippen molar-refractivity contribution in [3.8, 4) is 11.5 Å². The lowest BCUT2D eigenvalue weighted by Gasteiger charge is -2.35. The molecule has 0 aliphatic carbocycles. The normalized spacial score (nSPS) is 15.7. The number of benzene rings is 3. The van der Waals surface area contributed by atoms with Gasteiger partial charge in [0.15, 0.2) is 0 Å². The summed E-state index contributed by atoms with van der Waals surface area (Å²) in [5, 5.41) is 39.5. The van der Waals surface area contributed by atoms with Gasteiger partial charge in [0, 0.05) is 49.7 Å². The maximum atomic E-state index is 13.8. The molecule has 4 atom stereocenters. The van der Waals surface area contributed by atoms with E-state index in [1.165, 1.54) is 25.3 Å². The Morgan fingerprint density at radius 2 is 1.40 bits per heavy atom. The number of hydrogen-bond donors (Lipinski definition) is 4. The van der Waals surface area contributed by atoms with Crippen molar-refractivity contribution in [3.63, 3.8) is 0 Å². The van der Waals surface area contributed by atoms with Crippen LogP contribution in [-0.2, 0) is 19.1 Å². The summed E-state index contributed by atoms with van der Waals surface area (Å²) in [7, 11) is 3.00. The van der Waals surface area contributed by atoms with Crippen LogP contribution in [0.5, 0.6) is 11.5 Å². The molecule has 0 amide bonds. The van der Waals surface area contributed by atoms with Crippen molar-refractivity contribution in [1.82, 2.24) is 15.5 Å². The fraction of sp³-hybridized carbons (Fsp3) is 0.478. The molecule has 3 aromatic rings. The van der Waals surface area contributed by atoms with E-state index in [-0.39, 0.29) is 42.7 Å². The molecule has 0 bridgehead atoms. The van der Waals surface area contributed by atoms with Crippen LogP contribution in [0.4, 0.5) is 5.69 Å². The number of nitrogens with zero attached hydrogens (tertiary/aromatic N) is 2. The van der Waals surface area contributed by atoms with Gasteiger partial charge in [0.1, 0.15) is 36.9 Å². The minimum Gasteiger partial charge on any atom is -0.491 e. The SMILES string of the molecule is COC(=O)C1=C(C)N(C)C(C)=C(C(=O)OCCCCCC(CCCCNCC(O)COc2ccc(C)cc2)NCC(O)COc2ccccc2)C1c1cccc([N+](=O)[O-])c1. The highest BCUT2D eigenvalue weighted by atomic mass is 16.6.